The van der Waals surface area contributed by atoms with E-state index in [-0.39, 0.29) is 11.7 Å². The minimum atomic E-state index is -0.308. The van der Waals surface area contributed by atoms with Crippen LogP contribution in [0.1, 0.15) is 27.2 Å². The van der Waals surface area contributed by atoms with Crippen LogP contribution >= 0.6 is 11.6 Å². The van der Waals surface area contributed by atoms with Crippen LogP contribution in [0.3, 0.4) is 0 Å². The van der Waals surface area contributed by atoms with Crippen molar-refractivity contribution in [2.45, 2.75) is 20.1 Å². The second kappa shape index (κ2) is 9.66. The lowest BCUT2D eigenvalue weighted by Crippen LogP contribution is -2.13. The Labute approximate surface area is 190 Å². The molecule has 5 nitrogen and oxygen atoms in total. The smallest absolute Gasteiger partial charge is 0.256 e. The van der Waals surface area contributed by atoms with Gasteiger partial charge in [-0.3, -0.25) is 9.48 Å². The van der Waals surface area contributed by atoms with Crippen LogP contribution in [0.25, 0.3) is 0 Å². The summed E-state index contributed by atoms with van der Waals surface area (Å²) in [5, 5.41) is 8.01. The largest absolute Gasteiger partial charge is 0.489 e. The summed E-state index contributed by atoms with van der Waals surface area (Å²) in [6.45, 7) is 2.85. The predicted molar refractivity (Wildman–Crippen MR) is 123 cm³/mol. The van der Waals surface area contributed by atoms with Gasteiger partial charge in [0.1, 0.15) is 18.2 Å². The lowest BCUT2D eigenvalue weighted by atomic mass is 10.1. The highest BCUT2D eigenvalue weighted by molar-refractivity contribution is 6.30. The Morgan fingerprint density at radius 2 is 1.66 bits per heavy atom. The van der Waals surface area contributed by atoms with E-state index in [9.17, 15) is 9.18 Å². The third-order valence-corrected chi connectivity index (χ3v) is 5.16. The van der Waals surface area contributed by atoms with Crippen molar-refractivity contribution < 1.29 is 13.9 Å². The molecule has 0 aliphatic heterocycles. The van der Waals surface area contributed by atoms with Gasteiger partial charge in [0, 0.05) is 22.3 Å². The number of benzene rings is 3. The summed E-state index contributed by atoms with van der Waals surface area (Å²) < 4.78 is 20.4. The van der Waals surface area contributed by atoms with E-state index < -0.39 is 0 Å². The molecule has 0 atom stereocenters. The predicted octanol–water partition coefficient (Wildman–Crippen LogP) is 5.86. The standard InChI is InChI=1S/C25H21ClFN3O2/c1-17-14-24(29-30(17)15-18-4-8-21(26)9-5-18)28-25(31)20-6-2-19(3-7-20)16-32-23-12-10-22(27)11-13-23/h2-14H,15-16H2,1H3,(H,28,29,31). The molecule has 1 N–H and O–H groups in total. The number of amides is 1. The van der Waals surface area contributed by atoms with Crippen LogP contribution in [0, 0.1) is 12.7 Å². The lowest BCUT2D eigenvalue weighted by Gasteiger charge is -2.07. The van der Waals surface area contributed by atoms with Gasteiger partial charge >= 0.3 is 0 Å². The van der Waals surface area contributed by atoms with Gasteiger partial charge in [-0.1, -0.05) is 35.9 Å². The third-order valence-electron chi connectivity index (χ3n) is 4.90. The zero-order valence-corrected chi connectivity index (χ0v) is 18.1. The number of anilines is 1. The van der Waals surface area contributed by atoms with Crippen molar-refractivity contribution in [3.05, 3.63) is 112 Å². The van der Waals surface area contributed by atoms with Gasteiger partial charge in [0.15, 0.2) is 5.82 Å². The molecule has 0 saturated carbocycles. The molecule has 0 saturated heterocycles. The second-order valence-corrected chi connectivity index (χ2v) is 7.79. The van der Waals surface area contributed by atoms with Crippen LogP contribution < -0.4 is 10.1 Å². The summed E-state index contributed by atoms with van der Waals surface area (Å²) in [7, 11) is 0. The second-order valence-electron chi connectivity index (χ2n) is 7.35. The van der Waals surface area contributed by atoms with Gasteiger partial charge in [0.25, 0.3) is 5.91 Å². The van der Waals surface area contributed by atoms with Gasteiger partial charge in [-0.05, 0) is 66.6 Å². The Morgan fingerprint density at radius 3 is 2.34 bits per heavy atom. The number of hydrogen-bond donors (Lipinski definition) is 1. The Kier molecular flexibility index (Phi) is 6.52. The molecule has 0 bridgehead atoms. The van der Waals surface area contributed by atoms with Crippen LogP contribution in [0.5, 0.6) is 5.75 Å². The molecular formula is C25H21ClFN3O2. The first-order chi connectivity index (χ1) is 15.5. The van der Waals surface area contributed by atoms with Crippen molar-refractivity contribution >= 4 is 23.3 Å². The number of aryl methyl sites for hydroxylation is 1. The SMILES string of the molecule is Cc1cc(NC(=O)c2ccc(COc3ccc(F)cc3)cc2)nn1Cc1ccc(Cl)cc1. The van der Waals surface area contributed by atoms with E-state index in [0.29, 0.717) is 35.3 Å². The van der Waals surface area contributed by atoms with Gasteiger partial charge in [-0.2, -0.15) is 5.10 Å². The quantitative estimate of drug-likeness (QED) is 0.384. The maximum Gasteiger partial charge on any atom is 0.256 e. The summed E-state index contributed by atoms with van der Waals surface area (Å²) >= 11 is 5.94. The number of hydrogen-bond acceptors (Lipinski definition) is 3. The molecule has 0 aliphatic carbocycles. The normalized spacial score (nSPS) is 10.7. The molecule has 4 rings (SSSR count). The van der Waals surface area contributed by atoms with Crippen molar-refractivity contribution in [1.82, 2.24) is 9.78 Å². The minimum Gasteiger partial charge on any atom is -0.489 e. The summed E-state index contributed by atoms with van der Waals surface area (Å²) in [6.07, 6.45) is 0. The zero-order chi connectivity index (χ0) is 22.5. The molecule has 0 aliphatic rings. The van der Waals surface area contributed by atoms with E-state index in [0.717, 1.165) is 16.8 Å². The van der Waals surface area contributed by atoms with E-state index in [1.54, 1.807) is 24.3 Å². The molecule has 1 aromatic heterocycles. The summed E-state index contributed by atoms with van der Waals surface area (Å²) in [4.78, 5) is 12.6. The first-order valence-corrected chi connectivity index (χ1v) is 10.4. The summed E-state index contributed by atoms with van der Waals surface area (Å²) in [5.74, 6) is 0.521. The highest BCUT2D eigenvalue weighted by Gasteiger charge is 2.11. The molecule has 32 heavy (non-hydrogen) atoms. The topological polar surface area (TPSA) is 56.1 Å². The first-order valence-electron chi connectivity index (χ1n) is 10.0. The molecule has 7 heteroatoms. The van der Waals surface area contributed by atoms with E-state index in [1.807, 2.05) is 54.1 Å². The summed E-state index contributed by atoms with van der Waals surface area (Å²) in [6, 6.07) is 22.4. The maximum absolute atomic E-state index is 13.0. The fourth-order valence-corrected chi connectivity index (χ4v) is 3.26. The minimum absolute atomic E-state index is 0.243. The van der Waals surface area contributed by atoms with Crippen LogP contribution in [0.15, 0.2) is 78.9 Å². The van der Waals surface area contributed by atoms with Gasteiger partial charge in [-0.25, -0.2) is 4.39 Å². The van der Waals surface area contributed by atoms with Crippen LogP contribution in [-0.4, -0.2) is 15.7 Å². The lowest BCUT2D eigenvalue weighted by molar-refractivity contribution is 0.102. The third kappa shape index (κ3) is 5.53. The highest BCUT2D eigenvalue weighted by atomic mass is 35.5. The zero-order valence-electron chi connectivity index (χ0n) is 17.4. The molecular weight excluding hydrogens is 429 g/mol. The van der Waals surface area contributed by atoms with Crippen molar-refractivity contribution in [1.29, 1.82) is 0 Å². The molecule has 162 valence electrons. The number of halogens is 2. The highest BCUT2D eigenvalue weighted by Crippen LogP contribution is 2.16. The maximum atomic E-state index is 13.0. The Bertz CT molecular complexity index is 1200. The van der Waals surface area contributed by atoms with Crippen LogP contribution in [0.4, 0.5) is 10.2 Å². The fourth-order valence-electron chi connectivity index (χ4n) is 3.13. The monoisotopic (exact) mass is 449 g/mol. The first kappa shape index (κ1) is 21.6. The Hall–Kier alpha value is -3.64. The molecule has 0 spiro atoms. The van der Waals surface area contributed by atoms with E-state index in [4.69, 9.17) is 16.3 Å². The van der Waals surface area contributed by atoms with Crippen LogP contribution in [-0.2, 0) is 13.2 Å². The number of carbonyl (C=O) groups excluding carboxylic acids is 1. The molecule has 3 aromatic carbocycles. The Morgan fingerprint density at radius 1 is 1.00 bits per heavy atom. The molecule has 4 aromatic rings. The molecule has 0 fully saturated rings. The van der Waals surface area contributed by atoms with Crippen molar-refractivity contribution in [2.24, 2.45) is 0 Å². The average molecular weight is 450 g/mol. The molecule has 0 unspecified atom stereocenters. The van der Waals surface area contributed by atoms with Crippen molar-refractivity contribution in [3.8, 4) is 5.75 Å². The van der Waals surface area contributed by atoms with E-state index in [1.165, 1.54) is 12.1 Å². The Balaban J connectivity index is 1.35. The number of nitrogens with one attached hydrogen (secondary N) is 1. The number of nitrogens with zero attached hydrogens (tertiary/aromatic N) is 2. The fraction of sp³-hybridized carbons (Fsp3) is 0.120. The van der Waals surface area contributed by atoms with Gasteiger partial charge < -0.3 is 10.1 Å². The van der Waals surface area contributed by atoms with Crippen molar-refractivity contribution in [3.63, 3.8) is 0 Å². The molecule has 1 heterocycles. The van der Waals surface area contributed by atoms with E-state index in [2.05, 4.69) is 10.4 Å². The van der Waals surface area contributed by atoms with Gasteiger partial charge in [0.05, 0.1) is 6.54 Å². The van der Waals surface area contributed by atoms with Gasteiger partial charge in [0.2, 0.25) is 0 Å². The summed E-state index contributed by atoms with van der Waals surface area (Å²) in [5.41, 5.74) is 3.41. The number of carbonyl (C=O) groups is 1. The molecule has 0 radical (unpaired) electrons. The number of ether oxygens (including phenoxy) is 1. The number of aromatic nitrogens is 2. The van der Waals surface area contributed by atoms with Gasteiger partial charge in [-0.15, -0.1) is 0 Å². The van der Waals surface area contributed by atoms with Crippen LogP contribution in [0.2, 0.25) is 5.02 Å². The van der Waals surface area contributed by atoms with E-state index >= 15 is 0 Å². The molecule has 1 amide bonds. The average Bonchev–Trinajstić information content (AvgIpc) is 3.13. The van der Waals surface area contributed by atoms with Crippen molar-refractivity contribution in [2.75, 3.05) is 5.32 Å². The number of rotatable bonds is 7.